The van der Waals surface area contributed by atoms with E-state index >= 15 is 0 Å². The van der Waals surface area contributed by atoms with Crippen LogP contribution in [0.25, 0.3) is 11.1 Å². The lowest BCUT2D eigenvalue weighted by atomic mass is 9.94. The summed E-state index contributed by atoms with van der Waals surface area (Å²) in [5.74, 6) is 0.901. The predicted molar refractivity (Wildman–Crippen MR) is 123 cm³/mol. The zero-order valence-electron chi connectivity index (χ0n) is 17.7. The van der Waals surface area contributed by atoms with Crippen LogP contribution in [-0.4, -0.2) is 12.7 Å². The van der Waals surface area contributed by atoms with E-state index in [9.17, 15) is 9.90 Å². The molecule has 5 nitrogen and oxygen atoms in total. The summed E-state index contributed by atoms with van der Waals surface area (Å²) >= 11 is 0. The second-order valence-electron chi connectivity index (χ2n) is 8.24. The summed E-state index contributed by atoms with van der Waals surface area (Å²) in [6.45, 7) is 0.233. The molecule has 1 radical (unpaired) electrons. The Morgan fingerprint density at radius 2 is 1.36 bits per heavy atom. The molecule has 1 N–H and O–H groups in total. The number of fused-ring (bicyclic) bond motifs is 5. The predicted octanol–water partition coefficient (Wildman–Crippen LogP) is 6.56. The van der Waals surface area contributed by atoms with E-state index in [0.29, 0.717) is 11.5 Å². The van der Waals surface area contributed by atoms with Gasteiger partial charge in [0.2, 0.25) is 0 Å². The third-order valence-electron chi connectivity index (χ3n) is 6.35. The van der Waals surface area contributed by atoms with Crippen LogP contribution in [-0.2, 0) is 9.84 Å². The van der Waals surface area contributed by atoms with Gasteiger partial charge < -0.3 is 14.8 Å². The van der Waals surface area contributed by atoms with E-state index in [4.69, 9.17) is 9.47 Å². The van der Waals surface area contributed by atoms with Gasteiger partial charge in [0.1, 0.15) is 18.1 Å². The Bertz CT molecular complexity index is 1330. The monoisotopic (exact) mass is 434 g/mol. The highest BCUT2D eigenvalue weighted by molar-refractivity contribution is 5.79. The van der Waals surface area contributed by atoms with Crippen LogP contribution in [0.5, 0.6) is 17.2 Å². The number of hydrogen-bond acceptors (Lipinski definition) is 3. The van der Waals surface area contributed by atoms with Crippen LogP contribution in [0.1, 0.15) is 34.2 Å². The van der Waals surface area contributed by atoms with Crippen molar-refractivity contribution in [3.05, 3.63) is 113 Å². The first kappa shape index (κ1) is 19.4. The number of benzene rings is 4. The smallest absolute Gasteiger partial charge is 0.407 e. The first-order valence-corrected chi connectivity index (χ1v) is 10.9. The van der Waals surface area contributed by atoms with Crippen molar-refractivity contribution in [2.24, 2.45) is 0 Å². The van der Waals surface area contributed by atoms with E-state index in [1.54, 1.807) is 6.07 Å². The number of nitrogens with one attached hydrogen (secondary N) is 1. The summed E-state index contributed by atoms with van der Waals surface area (Å²) in [5.41, 5.74) is 6.23. The van der Waals surface area contributed by atoms with Crippen molar-refractivity contribution in [3.63, 3.8) is 0 Å². The molecule has 0 fully saturated rings. The third-order valence-corrected chi connectivity index (χ3v) is 6.35. The maximum Gasteiger partial charge on any atom is 0.407 e. The van der Waals surface area contributed by atoms with Gasteiger partial charge in [-0.05, 0) is 40.5 Å². The normalized spacial score (nSPS) is 15.5. The molecule has 5 heteroatoms. The molecule has 1 aliphatic heterocycles. The number of ether oxygens (including phenoxy) is 2. The maximum atomic E-state index is 12.9. The van der Waals surface area contributed by atoms with E-state index in [0.717, 1.165) is 22.3 Å². The average Bonchev–Trinajstić information content (AvgIpc) is 3.16. The van der Waals surface area contributed by atoms with Gasteiger partial charge in [-0.15, -0.1) is 0 Å². The van der Waals surface area contributed by atoms with Crippen LogP contribution in [0.4, 0.5) is 4.79 Å². The van der Waals surface area contributed by atoms with Gasteiger partial charge >= 0.3 is 6.09 Å². The first-order valence-electron chi connectivity index (χ1n) is 10.9. The van der Waals surface area contributed by atoms with E-state index in [-0.39, 0.29) is 18.3 Å². The molecule has 161 valence electrons. The molecule has 1 unspecified atom stereocenters. The van der Waals surface area contributed by atoms with Crippen LogP contribution < -0.4 is 10.1 Å². The molecule has 1 amide bonds. The van der Waals surface area contributed by atoms with Gasteiger partial charge in [-0.2, -0.15) is 0 Å². The van der Waals surface area contributed by atoms with Gasteiger partial charge in [-0.25, -0.2) is 4.79 Å². The highest BCUT2D eigenvalue weighted by atomic mass is 16.5. The first-order chi connectivity index (χ1) is 16.2. The second kappa shape index (κ2) is 7.71. The Balaban J connectivity index is 1.25. The number of amides is 1. The fraction of sp³-hybridized carbons (Fsp3) is 0.107. The molecule has 0 aromatic heterocycles. The summed E-state index contributed by atoms with van der Waals surface area (Å²) in [6, 6.07) is 28.1. The summed E-state index contributed by atoms with van der Waals surface area (Å²) in [6.07, 6.45) is -0.518. The second-order valence-corrected chi connectivity index (χ2v) is 8.24. The van der Waals surface area contributed by atoms with Crippen molar-refractivity contribution in [3.8, 4) is 28.4 Å². The van der Waals surface area contributed by atoms with Crippen LogP contribution in [0.2, 0.25) is 0 Å². The lowest BCUT2D eigenvalue weighted by Gasteiger charge is -2.28. The molecule has 1 aliphatic carbocycles. The summed E-state index contributed by atoms with van der Waals surface area (Å²) in [7, 11) is 0. The van der Waals surface area contributed by atoms with E-state index in [2.05, 4.69) is 29.6 Å². The SMILES string of the molecule is [O]c1ccc2c(c1)Oc1ccccc1C2NC(=O)OCC1c2ccccc2-c2ccccc21. The minimum atomic E-state index is -0.518. The number of carbonyl (C=O) groups is 1. The van der Waals surface area contributed by atoms with E-state index < -0.39 is 12.1 Å². The zero-order chi connectivity index (χ0) is 22.4. The molecular formula is C28H20NO4. The Labute approximate surface area is 191 Å². The Morgan fingerprint density at radius 3 is 2.09 bits per heavy atom. The molecular weight excluding hydrogens is 414 g/mol. The Morgan fingerprint density at radius 1 is 0.758 bits per heavy atom. The van der Waals surface area contributed by atoms with Crippen LogP contribution in [0.15, 0.2) is 91.0 Å². The van der Waals surface area contributed by atoms with Crippen molar-refractivity contribution < 1.29 is 19.4 Å². The summed E-state index contributed by atoms with van der Waals surface area (Å²) < 4.78 is 11.6. The molecule has 4 aromatic carbocycles. The van der Waals surface area contributed by atoms with Crippen molar-refractivity contribution in [2.75, 3.05) is 6.61 Å². The number of hydrogen-bond donors (Lipinski definition) is 1. The lowest BCUT2D eigenvalue weighted by Crippen LogP contribution is -2.32. The molecule has 2 aliphatic rings. The molecule has 1 heterocycles. The third kappa shape index (κ3) is 3.29. The highest BCUT2D eigenvalue weighted by Crippen LogP contribution is 2.45. The summed E-state index contributed by atoms with van der Waals surface area (Å²) in [4.78, 5) is 12.9. The molecule has 0 spiro atoms. The molecule has 0 saturated heterocycles. The largest absolute Gasteiger partial charge is 0.456 e. The van der Waals surface area contributed by atoms with Crippen LogP contribution in [0, 0.1) is 0 Å². The van der Waals surface area contributed by atoms with Crippen molar-refractivity contribution in [1.29, 1.82) is 0 Å². The van der Waals surface area contributed by atoms with Crippen molar-refractivity contribution in [1.82, 2.24) is 5.32 Å². The number of para-hydroxylation sites is 1. The Hall–Kier alpha value is -4.25. The van der Waals surface area contributed by atoms with Gasteiger partial charge in [0.15, 0.2) is 5.75 Å². The standard InChI is InChI=1S/C28H20NO4/c30-17-13-14-23-26(15-17)33-25-12-6-5-11-22(25)27(23)29-28(31)32-16-24-20-9-3-1-7-18(20)19-8-2-4-10-21(19)24/h1-15,24,27H,16H2,(H,29,31). The lowest BCUT2D eigenvalue weighted by molar-refractivity contribution is 0.140. The fourth-order valence-corrected chi connectivity index (χ4v) is 4.85. The quantitative estimate of drug-likeness (QED) is 0.397. The van der Waals surface area contributed by atoms with Crippen molar-refractivity contribution in [2.45, 2.75) is 12.0 Å². The molecule has 0 saturated carbocycles. The number of rotatable bonds is 3. The average molecular weight is 434 g/mol. The van der Waals surface area contributed by atoms with Gasteiger partial charge in [0, 0.05) is 23.1 Å². The van der Waals surface area contributed by atoms with Gasteiger partial charge in [-0.3, -0.25) is 5.11 Å². The number of alkyl carbamates (subject to hydrolysis) is 1. The van der Waals surface area contributed by atoms with Gasteiger partial charge in [-0.1, -0.05) is 66.7 Å². The molecule has 6 rings (SSSR count). The summed E-state index contributed by atoms with van der Waals surface area (Å²) in [5, 5.41) is 14.8. The van der Waals surface area contributed by atoms with E-state index in [1.165, 1.54) is 23.3 Å². The number of carbonyl (C=O) groups excluding carboxylic acids is 1. The molecule has 1 atom stereocenters. The van der Waals surface area contributed by atoms with Crippen LogP contribution >= 0.6 is 0 Å². The van der Waals surface area contributed by atoms with Crippen molar-refractivity contribution >= 4 is 6.09 Å². The highest BCUT2D eigenvalue weighted by Gasteiger charge is 2.31. The molecule has 4 aromatic rings. The topological polar surface area (TPSA) is 67.5 Å². The van der Waals surface area contributed by atoms with Crippen LogP contribution in [0.3, 0.4) is 0 Å². The van der Waals surface area contributed by atoms with Gasteiger partial charge in [0.05, 0.1) is 6.04 Å². The molecule has 33 heavy (non-hydrogen) atoms. The fourth-order valence-electron chi connectivity index (χ4n) is 4.85. The minimum absolute atomic E-state index is 0.0135. The van der Waals surface area contributed by atoms with Gasteiger partial charge in [0.25, 0.3) is 0 Å². The maximum absolute atomic E-state index is 12.9. The zero-order valence-corrected chi connectivity index (χ0v) is 17.7. The Kier molecular flexibility index (Phi) is 4.54. The van der Waals surface area contributed by atoms with E-state index in [1.807, 2.05) is 48.5 Å². The molecule has 0 bridgehead atoms. The minimum Gasteiger partial charge on any atom is -0.456 e.